The van der Waals surface area contributed by atoms with Crippen molar-refractivity contribution in [3.63, 3.8) is 0 Å². The summed E-state index contributed by atoms with van der Waals surface area (Å²) in [6, 6.07) is 32.7. The minimum Gasteiger partial charge on any atom is -0.508 e. The maximum atomic E-state index is 14.0. The molecule has 6 rings (SSSR count). The predicted octanol–water partition coefficient (Wildman–Crippen LogP) is 6.19. The normalized spacial score (nSPS) is 14.3. The second-order valence-corrected chi connectivity index (χ2v) is 19.3. The van der Waals surface area contributed by atoms with E-state index in [0.29, 0.717) is 88.0 Å². The number of nitrogens with one attached hydrogen (secondary N) is 4. The quantitative estimate of drug-likeness (QED) is 0.0233. The van der Waals surface area contributed by atoms with Gasteiger partial charge in [0.2, 0.25) is 29.5 Å². The van der Waals surface area contributed by atoms with Crippen molar-refractivity contribution in [2.45, 2.75) is 70.5 Å². The number of likely N-dealkylation sites (tertiary alicyclic amines) is 1. The van der Waals surface area contributed by atoms with Crippen molar-refractivity contribution in [2.24, 2.45) is 0 Å². The lowest BCUT2D eigenvalue weighted by molar-refractivity contribution is -0.140. The van der Waals surface area contributed by atoms with E-state index in [1.54, 1.807) is 43.0 Å². The van der Waals surface area contributed by atoms with Crippen molar-refractivity contribution in [3.05, 3.63) is 126 Å². The molecule has 3 atom stereocenters. The van der Waals surface area contributed by atoms with Crippen LogP contribution in [0, 0.1) is 0 Å². The zero-order chi connectivity index (χ0) is 55.5. The van der Waals surface area contributed by atoms with Gasteiger partial charge in [-0.25, -0.2) is 0 Å². The number of benzene rings is 4. The van der Waals surface area contributed by atoms with Gasteiger partial charge in [0.1, 0.15) is 54.1 Å². The number of anilines is 1. The van der Waals surface area contributed by atoms with E-state index < -0.39 is 18.1 Å². The lowest BCUT2D eigenvalue weighted by Crippen LogP contribution is -2.54. The number of amides is 5. The molecule has 4 aromatic carbocycles. The first kappa shape index (κ1) is 60.2. The number of aromatic hydroxyl groups is 1. The number of allylic oxidation sites excluding steroid dienone is 1. The predicted molar refractivity (Wildman–Crippen MR) is 300 cm³/mol. The Morgan fingerprint density at radius 1 is 0.782 bits per heavy atom. The number of aromatic nitrogens is 2. The lowest BCUT2D eigenvalue weighted by Gasteiger charge is -2.29. The third-order valence-electron chi connectivity index (χ3n) is 13.1. The molecule has 1 aromatic heterocycles. The van der Waals surface area contributed by atoms with Crippen LogP contribution in [0.5, 0.6) is 11.5 Å². The fraction of sp³-hybridized carbons (Fsp3) is 0.431. The number of ether oxygens (including phenoxy) is 5. The molecule has 0 saturated carbocycles. The van der Waals surface area contributed by atoms with E-state index in [1.165, 1.54) is 5.57 Å². The molecule has 78 heavy (non-hydrogen) atoms. The van der Waals surface area contributed by atoms with Crippen molar-refractivity contribution < 1.29 is 52.8 Å². The molecule has 0 bridgehead atoms. The summed E-state index contributed by atoms with van der Waals surface area (Å²) in [4.78, 5) is 68.7. The number of hydrogen-bond donors (Lipinski definition) is 5. The zero-order valence-electron chi connectivity index (χ0n) is 45.1. The Bertz CT molecular complexity index is 2680. The first-order valence-corrected chi connectivity index (χ1v) is 27.3. The molecule has 5 amide bonds. The van der Waals surface area contributed by atoms with Crippen LogP contribution < -0.4 is 26.0 Å². The zero-order valence-corrected chi connectivity index (χ0v) is 45.9. The molecule has 1 aliphatic rings. The Morgan fingerprint density at radius 3 is 2.06 bits per heavy atom. The van der Waals surface area contributed by atoms with Crippen LogP contribution >= 0.6 is 11.5 Å². The Morgan fingerprint density at radius 2 is 1.41 bits per heavy atom. The van der Waals surface area contributed by atoms with Crippen LogP contribution in [0.1, 0.15) is 69.1 Å². The Balaban J connectivity index is 0.784. The number of rotatable bonds is 33. The minimum atomic E-state index is -0.860. The Kier molecular flexibility index (Phi) is 25.2. The van der Waals surface area contributed by atoms with E-state index in [-0.39, 0.29) is 74.9 Å². The molecule has 0 unspecified atom stereocenters. The van der Waals surface area contributed by atoms with Gasteiger partial charge in [-0.15, -0.1) is 5.10 Å². The van der Waals surface area contributed by atoms with Crippen molar-refractivity contribution in [1.82, 2.24) is 35.3 Å². The third-order valence-corrected chi connectivity index (χ3v) is 13.7. The summed E-state index contributed by atoms with van der Waals surface area (Å²) in [5.41, 5.74) is 6.81. The van der Waals surface area contributed by atoms with Crippen molar-refractivity contribution in [2.75, 3.05) is 98.5 Å². The largest absolute Gasteiger partial charge is 0.508 e. The highest BCUT2D eigenvalue weighted by Crippen LogP contribution is 2.36. The number of carbonyl (C=O) groups excluding carboxylic acids is 5. The smallest absolute Gasteiger partial charge is 0.248 e. The second kappa shape index (κ2) is 32.6. The highest BCUT2D eigenvalue weighted by molar-refractivity contribution is 7.10. The number of phenolic OH excluding ortho intramolecular Hbond substituents is 1. The summed E-state index contributed by atoms with van der Waals surface area (Å²) in [5.74, 6) is -0.571. The third kappa shape index (κ3) is 18.8. The molecular weight excluding hydrogens is 1020 g/mol. The van der Waals surface area contributed by atoms with Crippen LogP contribution in [0.4, 0.5) is 5.00 Å². The van der Waals surface area contributed by atoms with Gasteiger partial charge >= 0.3 is 0 Å². The van der Waals surface area contributed by atoms with Crippen molar-refractivity contribution >= 4 is 57.2 Å². The molecule has 0 radical (unpaired) electrons. The summed E-state index contributed by atoms with van der Waals surface area (Å²) in [5, 5.41) is 26.2. The van der Waals surface area contributed by atoms with Crippen LogP contribution in [0.3, 0.4) is 0 Å². The van der Waals surface area contributed by atoms with Crippen LogP contribution in [0.25, 0.3) is 22.4 Å². The van der Waals surface area contributed by atoms with Gasteiger partial charge in [-0.3, -0.25) is 24.0 Å². The maximum absolute atomic E-state index is 14.0. The molecule has 0 spiro atoms. The summed E-state index contributed by atoms with van der Waals surface area (Å²) in [6.45, 7) is 6.63. The molecule has 19 nitrogen and oxygen atoms in total. The summed E-state index contributed by atoms with van der Waals surface area (Å²) < 4.78 is 32.1. The Labute approximate surface area is 461 Å². The first-order chi connectivity index (χ1) is 38.0. The minimum absolute atomic E-state index is 0.0890. The number of hydrogen-bond acceptors (Lipinski definition) is 15. The Hall–Kier alpha value is -7.07. The summed E-state index contributed by atoms with van der Waals surface area (Å²) in [7, 11) is 3.36. The van der Waals surface area contributed by atoms with Gasteiger partial charge < -0.3 is 59.9 Å². The van der Waals surface area contributed by atoms with Crippen LogP contribution in [0.2, 0.25) is 0 Å². The molecular formula is C58H74N8O11S. The highest BCUT2D eigenvalue weighted by atomic mass is 32.1. The number of unbranched alkanes of at least 4 members (excludes halogenated alkanes) is 1. The molecule has 2 heterocycles. The standard InChI is InChI=1S/C58H74N8O11S/c1-5-48(42-15-8-6-9-16-42)53(43-21-25-46(67)26-22-43)44-23-27-47(28-24-44)77-32-31-65(4)52(69)40-76-38-36-74-34-33-73-35-37-75-39-51(68)60-29-13-12-19-49(61-55(70)41(2)59-3)58(72)66-30-14-20-50(66)56(71)62-57-54(63-64-78-57)45-17-10-7-11-18-45/h6-11,15-18,21-28,41,49-50,59,67H,5,12-14,19-20,29-40H2,1-4H3,(H,60,68)(H,61,70)(H,62,71)/b53-48-/t41-,49-,50-/m0/s1. The van der Waals surface area contributed by atoms with E-state index >= 15 is 0 Å². The molecule has 1 aliphatic heterocycles. The molecule has 418 valence electrons. The van der Waals surface area contributed by atoms with Crippen LogP contribution in [-0.4, -0.2) is 165 Å². The molecule has 1 fully saturated rings. The van der Waals surface area contributed by atoms with Crippen LogP contribution in [0.15, 0.2) is 109 Å². The van der Waals surface area contributed by atoms with Crippen LogP contribution in [-0.2, 0) is 42.9 Å². The molecule has 0 aliphatic carbocycles. The monoisotopic (exact) mass is 1090 g/mol. The molecule has 1 saturated heterocycles. The van der Waals surface area contributed by atoms with Gasteiger partial charge in [-0.1, -0.05) is 96.3 Å². The van der Waals surface area contributed by atoms with Gasteiger partial charge in [0.05, 0.1) is 52.2 Å². The highest BCUT2D eigenvalue weighted by Gasteiger charge is 2.38. The number of nitrogens with zero attached hydrogens (tertiary/aromatic N) is 4. The van der Waals surface area contributed by atoms with Crippen molar-refractivity contribution in [1.29, 1.82) is 0 Å². The van der Waals surface area contributed by atoms with Gasteiger partial charge in [0.25, 0.3) is 0 Å². The number of carbonyl (C=O) groups is 5. The van der Waals surface area contributed by atoms with Gasteiger partial charge in [-0.2, -0.15) is 0 Å². The summed E-state index contributed by atoms with van der Waals surface area (Å²) in [6.07, 6.45) is 3.32. The average molecular weight is 1090 g/mol. The lowest BCUT2D eigenvalue weighted by atomic mass is 9.88. The van der Waals surface area contributed by atoms with E-state index in [1.807, 2.05) is 84.9 Å². The molecule has 5 N–H and O–H groups in total. The maximum Gasteiger partial charge on any atom is 0.248 e. The number of phenols is 1. The second-order valence-electron chi connectivity index (χ2n) is 18.6. The van der Waals surface area contributed by atoms with E-state index in [2.05, 4.69) is 49.9 Å². The van der Waals surface area contributed by atoms with Gasteiger partial charge in [0.15, 0.2) is 0 Å². The fourth-order valence-corrected chi connectivity index (χ4v) is 9.23. The molecule has 5 aromatic rings. The topological polar surface area (TPSA) is 232 Å². The summed E-state index contributed by atoms with van der Waals surface area (Å²) >= 11 is 1.07. The van der Waals surface area contributed by atoms with Gasteiger partial charge in [-0.05, 0) is 105 Å². The van der Waals surface area contributed by atoms with E-state index in [0.717, 1.165) is 45.8 Å². The first-order valence-electron chi connectivity index (χ1n) is 26.6. The average Bonchev–Trinajstić information content (AvgIpc) is 4.16. The van der Waals surface area contributed by atoms with E-state index in [9.17, 15) is 29.1 Å². The van der Waals surface area contributed by atoms with Crippen molar-refractivity contribution in [3.8, 4) is 22.8 Å². The fourth-order valence-electron chi connectivity index (χ4n) is 8.64. The van der Waals surface area contributed by atoms with Gasteiger partial charge in [0, 0.05) is 37.2 Å². The number of likely N-dealkylation sites (N-methyl/N-ethyl adjacent to an activating group) is 2. The molecule has 20 heteroatoms. The SMILES string of the molecule is CC/C(=C(\c1ccc(O)cc1)c1ccc(OCCN(C)C(=O)COCCOCCOCCOCC(=O)NCCCC[C@H](NC(=O)[C@H](C)NC)C(=O)N2CCC[C@H]2C(=O)Nc2snnc2-c2ccccc2)cc1)c1ccccc1. The van der Waals surface area contributed by atoms with E-state index in [4.69, 9.17) is 23.7 Å².